The lowest BCUT2D eigenvalue weighted by molar-refractivity contribution is 0.0181. The molecular formula is C30H28O14S. The number of hydrogen-bond donors (Lipinski definition) is 10. The summed E-state index contributed by atoms with van der Waals surface area (Å²) in [7, 11) is -5.05. The van der Waals surface area contributed by atoms with E-state index in [0.29, 0.717) is 5.56 Å². The average Bonchev–Trinajstić information content (AvgIpc) is 2.94. The van der Waals surface area contributed by atoms with Crippen molar-refractivity contribution in [1.29, 1.82) is 0 Å². The van der Waals surface area contributed by atoms with Crippen molar-refractivity contribution < 1.29 is 67.8 Å². The molecule has 45 heavy (non-hydrogen) atoms. The van der Waals surface area contributed by atoms with Crippen molar-refractivity contribution in [2.75, 3.05) is 0 Å². The third-order valence-corrected chi connectivity index (χ3v) is 7.81. The zero-order chi connectivity index (χ0) is 32.8. The van der Waals surface area contributed by atoms with E-state index in [4.69, 9.17) is 9.29 Å². The first-order valence-electron chi connectivity index (χ1n) is 13.3. The van der Waals surface area contributed by atoms with Gasteiger partial charge in [-0.15, -0.1) is 0 Å². The Morgan fingerprint density at radius 3 is 2.18 bits per heavy atom. The van der Waals surface area contributed by atoms with E-state index in [1.165, 1.54) is 36.4 Å². The SMILES string of the molecule is O=S(=O)(O)Oc1cc(C2Oc3c(c(O)cc(O)c3C(c3ccc(O)cc3O)C(O)Cc3ccc(O)c(O)c3)CC2O)ccc1O. The fraction of sp³-hybridized carbons (Fsp3) is 0.200. The Labute approximate surface area is 255 Å². The number of aromatic hydroxyl groups is 7. The van der Waals surface area contributed by atoms with Crippen molar-refractivity contribution >= 4 is 10.4 Å². The largest absolute Gasteiger partial charge is 0.508 e. The zero-order valence-electron chi connectivity index (χ0n) is 23.0. The summed E-state index contributed by atoms with van der Waals surface area (Å²) in [5, 5.41) is 95.0. The minimum Gasteiger partial charge on any atom is -0.508 e. The van der Waals surface area contributed by atoms with Crippen molar-refractivity contribution in [2.24, 2.45) is 0 Å². The molecule has 4 atom stereocenters. The molecule has 4 aromatic carbocycles. The molecule has 0 saturated carbocycles. The first-order valence-corrected chi connectivity index (χ1v) is 14.6. The molecule has 4 unspecified atom stereocenters. The maximum absolute atomic E-state index is 11.6. The molecule has 1 aliphatic rings. The highest BCUT2D eigenvalue weighted by Gasteiger charge is 2.39. The molecule has 238 valence electrons. The van der Waals surface area contributed by atoms with Gasteiger partial charge in [-0.2, -0.15) is 8.42 Å². The van der Waals surface area contributed by atoms with Crippen LogP contribution in [0.1, 0.15) is 39.8 Å². The van der Waals surface area contributed by atoms with E-state index in [1.54, 1.807) is 0 Å². The molecule has 1 heterocycles. The molecule has 0 aliphatic carbocycles. The Balaban J connectivity index is 1.65. The van der Waals surface area contributed by atoms with Gasteiger partial charge in [0.1, 0.15) is 34.9 Å². The summed E-state index contributed by atoms with van der Waals surface area (Å²) in [6.07, 6.45) is -4.74. The van der Waals surface area contributed by atoms with Gasteiger partial charge in [-0.1, -0.05) is 18.2 Å². The number of ether oxygens (including phenoxy) is 1. The zero-order valence-corrected chi connectivity index (χ0v) is 23.8. The lowest BCUT2D eigenvalue weighted by atomic mass is 9.80. The monoisotopic (exact) mass is 644 g/mol. The smallest absolute Gasteiger partial charge is 0.446 e. The van der Waals surface area contributed by atoms with Crippen molar-refractivity contribution in [2.45, 2.75) is 37.1 Å². The highest BCUT2D eigenvalue weighted by atomic mass is 32.3. The number of benzene rings is 4. The minimum atomic E-state index is -5.05. The Kier molecular flexibility index (Phi) is 8.20. The van der Waals surface area contributed by atoms with Gasteiger partial charge in [0.2, 0.25) is 0 Å². The van der Waals surface area contributed by atoms with E-state index < -0.39 is 74.9 Å². The van der Waals surface area contributed by atoms with Gasteiger partial charge in [0.05, 0.1) is 12.2 Å². The number of hydrogen-bond acceptors (Lipinski definition) is 13. The Bertz CT molecular complexity index is 1870. The van der Waals surface area contributed by atoms with Crippen molar-refractivity contribution in [1.82, 2.24) is 0 Å². The van der Waals surface area contributed by atoms with Crippen LogP contribution in [-0.4, -0.2) is 71.1 Å². The number of phenols is 7. The molecule has 5 rings (SSSR count). The molecule has 0 amide bonds. The predicted octanol–water partition coefficient (Wildman–Crippen LogP) is 2.58. The molecule has 0 radical (unpaired) electrons. The van der Waals surface area contributed by atoms with Crippen molar-refractivity contribution in [3.63, 3.8) is 0 Å². The van der Waals surface area contributed by atoms with Gasteiger partial charge >= 0.3 is 10.4 Å². The van der Waals surface area contributed by atoms with Gasteiger partial charge in [0, 0.05) is 41.2 Å². The first kappa shape index (κ1) is 31.3. The molecular weight excluding hydrogens is 616 g/mol. The van der Waals surface area contributed by atoms with E-state index in [0.717, 1.165) is 24.3 Å². The Hall–Kier alpha value is -5.09. The summed E-state index contributed by atoms with van der Waals surface area (Å²) in [5.41, 5.74) is 0.258. The molecule has 0 bridgehead atoms. The molecule has 0 fully saturated rings. The van der Waals surface area contributed by atoms with Gasteiger partial charge in [0.15, 0.2) is 23.0 Å². The van der Waals surface area contributed by atoms with E-state index in [1.807, 2.05) is 0 Å². The summed E-state index contributed by atoms with van der Waals surface area (Å²) in [6, 6.07) is 11.6. The molecule has 15 heteroatoms. The lowest BCUT2D eigenvalue weighted by Crippen LogP contribution is -2.32. The summed E-state index contributed by atoms with van der Waals surface area (Å²) in [6.45, 7) is 0. The van der Waals surface area contributed by atoms with Crippen LogP contribution < -0.4 is 8.92 Å². The number of fused-ring (bicyclic) bond motifs is 1. The third-order valence-electron chi connectivity index (χ3n) is 7.42. The standard InChI is InChI=1S/C30H28O14S/c31-15-3-4-16(20(34)10-15)27(23(37)8-13-1-5-18(32)22(36)7-13)28-24(38)12-21(35)17-11-25(39)29(43-30(17)28)14-2-6-19(33)26(9-14)44-45(40,41)42/h1-7,9-10,12,23,25,27,29,31-39H,8,11H2,(H,40,41,42). The van der Waals surface area contributed by atoms with Crippen molar-refractivity contribution in [3.8, 4) is 51.7 Å². The molecule has 1 aliphatic heterocycles. The fourth-order valence-electron chi connectivity index (χ4n) is 5.43. The van der Waals surface area contributed by atoms with Gasteiger partial charge in [-0.3, -0.25) is 4.55 Å². The fourth-order valence-corrected chi connectivity index (χ4v) is 5.79. The average molecular weight is 645 g/mol. The maximum atomic E-state index is 11.6. The second-order valence-electron chi connectivity index (χ2n) is 10.5. The van der Waals surface area contributed by atoms with Crippen LogP contribution in [0.2, 0.25) is 0 Å². The molecule has 4 aromatic rings. The summed E-state index contributed by atoms with van der Waals surface area (Å²) in [5.74, 6) is -5.61. The maximum Gasteiger partial charge on any atom is 0.446 e. The number of rotatable bonds is 8. The number of aliphatic hydroxyl groups excluding tert-OH is 2. The van der Waals surface area contributed by atoms with E-state index >= 15 is 0 Å². The molecule has 14 nitrogen and oxygen atoms in total. The number of aliphatic hydroxyl groups is 2. The molecule has 0 saturated heterocycles. The third kappa shape index (κ3) is 6.41. The van der Waals surface area contributed by atoms with Gasteiger partial charge < -0.3 is 54.9 Å². The quantitative estimate of drug-likeness (QED) is 0.0977. The van der Waals surface area contributed by atoms with E-state index in [9.17, 15) is 54.4 Å². The van der Waals surface area contributed by atoms with Gasteiger partial charge in [-0.05, 0) is 47.9 Å². The highest BCUT2D eigenvalue weighted by Crippen LogP contribution is 2.52. The van der Waals surface area contributed by atoms with Crippen LogP contribution >= 0.6 is 0 Å². The van der Waals surface area contributed by atoms with Crippen LogP contribution in [0.4, 0.5) is 0 Å². The second-order valence-corrected chi connectivity index (χ2v) is 11.5. The summed E-state index contributed by atoms with van der Waals surface area (Å²) in [4.78, 5) is 0. The summed E-state index contributed by atoms with van der Waals surface area (Å²) >= 11 is 0. The molecule has 10 N–H and O–H groups in total. The van der Waals surface area contributed by atoms with Crippen molar-refractivity contribution in [3.05, 3.63) is 88.5 Å². The van der Waals surface area contributed by atoms with Crippen LogP contribution in [0.25, 0.3) is 0 Å². The highest BCUT2D eigenvalue weighted by molar-refractivity contribution is 7.81. The van der Waals surface area contributed by atoms with E-state index in [-0.39, 0.29) is 46.6 Å². The van der Waals surface area contributed by atoms with Gasteiger partial charge in [-0.25, -0.2) is 0 Å². The van der Waals surface area contributed by atoms with Crippen LogP contribution in [-0.2, 0) is 23.2 Å². The lowest BCUT2D eigenvalue weighted by Gasteiger charge is -2.35. The Morgan fingerprint density at radius 1 is 0.800 bits per heavy atom. The van der Waals surface area contributed by atoms with Crippen LogP contribution in [0.15, 0.2) is 60.7 Å². The summed E-state index contributed by atoms with van der Waals surface area (Å²) < 4.78 is 42.2. The normalized spacial score (nSPS) is 17.6. The van der Waals surface area contributed by atoms with Gasteiger partial charge in [0.25, 0.3) is 0 Å². The minimum absolute atomic E-state index is 0.00577. The molecule has 0 aromatic heterocycles. The van der Waals surface area contributed by atoms with Crippen LogP contribution in [0, 0.1) is 0 Å². The van der Waals surface area contributed by atoms with Crippen LogP contribution in [0.3, 0.4) is 0 Å². The topological polar surface area (TPSA) is 255 Å². The van der Waals surface area contributed by atoms with E-state index in [2.05, 4.69) is 4.18 Å². The first-order chi connectivity index (χ1) is 21.1. The predicted molar refractivity (Wildman–Crippen MR) is 154 cm³/mol. The molecule has 0 spiro atoms. The number of phenolic OH excluding ortho intramolecular Hbond substituents is 7. The second kappa shape index (κ2) is 11.8. The van der Waals surface area contributed by atoms with Crippen LogP contribution in [0.5, 0.6) is 51.7 Å². The Morgan fingerprint density at radius 2 is 1.51 bits per heavy atom.